The van der Waals surface area contributed by atoms with E-state index in [1.165, 1.54) is 0 Å². The summed E-state index contributed by atoms with van der Waals surface area (Å²) in [7, 11) is 0. The highest BCUT2D eigenvalue weighted by atomic mass is 19.1. The highest BCUT2D eigenvalue weighted by molar-refractivity contribution is 5.30. The lowest BCUT2D eigenvalue weighted by molar-refractivity contribution is 0.112. The van der Waals surface area contributed by atoms with Gasteiger partial charge in [0.05, 0.1) is 0 Å². The van der Waals surface area contributed by atoms with Gasteiger partial charge in [-0.2, -0.15) is 0 Å². The first-order valence-electron chi connectivity index (χ1n) is 8.16. The van der Waals surface area contributed by atoms with Gasteiger partial charge in [0, 0.05) is 25.2 Å². The molecule has 3 heteroatoms. The van der Waals surface area contributed by atoms with Gasteiger partial charge < -0.3 is 5.73 Å². The van der Waals surface area contributed by atoms with Crippen LogP contribution < -0.4 is 5.73 Å². The summed E-state index contributed by atoms with van der Waals surface area (Å²) >= 11 is 0. The maximum absolute atomic E-state index is 13.4. The number of rotatable bonds is 8. The molecule has 0 aliphatic heterocycles. The molecular weight excluding hydrogens is 263 g/mol. The molecule has 0 saturated carbocycles. The third-order valence-corrected chi connectivity index (χ3v) is 4.20. The molecule has 0 spiro atoms. The van der Waals surface area contributed by atoms with Crippen molar-refractivity contribution >= 4 is 0 Å². The third kappa shape index (κ3) is 4.79. The zero-order chi connectivity index (χ0) is 16.0. The molecule has 120 valence electrons. The summed E-state index contributed by atoms with van der Waals surface area (Å²) in [6.45, 7) is 12.5. The first-order chi connectivity index (χ1) is 9.94. The Morgan fingerprint density at radius 3 is 2.24 bits per heavy atom. The lowest BCUT2D eigenvalue weighted by atomic mass is 9.96. The summed E-state index contributed by atoms with van der Waals surface area (Å²) in [5.41, 5.74) is 8.25. The van der Waals surface area contributed by atoms with E-state index in [9.17, 15) is 4.39 Å². The second kappa shape index (κ2) is 8.50. The Bertz CT molecular complexity index is 427. The second-order valence-electron chi connectivity index (χ2n) is 6.31. The van der Waals surface area contributed by atoms with Crippen LogP contribution in [0.4, 0.5) is 4.39 Å². The Labute approximate surface area is 129 Å². The van der Waals surface area contributed by atoms with E-state index >= 15 is 0 Å². The molecule has 2 nitrogen and oxygen atoms in total. The standard InChI is InChI=1S/C18H31FN2/c1-6-16(7-2)21(12-13(3)4)18(11-20)17-9-8-15(19)10-14(17)5/h8-10,13,16,18H,6-7,11-12,20H2,1-5H3. The molecule has 0 fully saturated rings. The van der Waals surface area contributed by atoms with Crippen LogP contribution in [0.15, 0.2) is 18.2 Å². The molecule has 1 unspecified atom stereocenters. The molecule has 0 aliphatic carbocycles. The maximum atomic E-state index is 13.4. The fourth-order valence-corrected chi connectivity index (χ4v) is 3.16. The van der Waals surface area contributed by atoms with Crippen LogP contribution in [-0.4, -0.2) is 24.0 Å². The molecule has 0 amide bonds. The molecule has 0 saturated heterocycles. The molecule has 1 rings (SSSR count). The Hall–Kier alpha value is -0.930. The second-order valence-corrected chi connectivity index (χ2v) is 6.31. The van der Waals surface area contributed by atoms with Crippen molar-refractivity contribution in [1.82, 2.24) is 4.90 Å². The van der Waals surface area contributed by atoms with E-state index in [0.717, 1.165) is 30.5 Å². The van der Waals surface area contributed by atoms with Crippen molar-refractivity contribution in [2.24, 2.45) is 11.7 Å². The summed E-state index contributed by atoms with van der Waals surface area (Å²) in [5.74, 6) is 0.408. The minimum Gasteiger partial charge on any atom is -0.329 e. The zero-order valence-corrected chi connectivity index (χ0v) is 14.2. The van der Waals surface area contributed by atoms with Crippen molar-refractivity contribution < 1.29 is 4.39 Å². The molecule has 0 aromatic heterocycles. The van der Waals surface area contributed by atoms with Crippen molar-refractivity contribution in [1.29, 1.82) is 0 Å². The van der Waals surface area contributed by atoms with Crippen LogP contribution in [-0.2, 0) is 0 Å². The molecule has 0 heterocycles. The number of benzene rings is 1. The summed E-state index contributed by atoms with van der Waals surface area (Å²) in [6, 6.07) is 5.74. The monoisotopic (exact) mass is 294 g/mol. The van der Waals surface area contributed by atoms with Gasteiger partial charge >= 0.3 is 0 Å². The number of nitrogens with two attached hydrogens (primary N) is 1. The lowest BCUT2D eigenvalue weighted by Gasteiger charge is -2.39. The Morgan fingerprint density at radius 1 is 1.19 bits per heavy atom. The summed E-state index contributed by atoms with van der Waals surface area (Å²) in [5, 5.41) is 0. The number of hydrogen-bond acceptors (Lipinski definition) is 2. The summed E-state index contributed by atoms with van der Waals surface area (Å²) in [4.78, 5) is 2.52. The number of aryl methyl sites for hydroxylation is 1. The van der Waals surface area contributed by atoms with E-state index < -0.39 is 0 Å². The van der Waals surface area contributed by atoms with Crippen LogP contribution in [0.25, 0.3) is 0 Å². The molecule has 1 atom stereocenters. The fourth-order valence-electron chi connectivity index (χ4n) is 3.16. The smallest absolute Gasteiger partial charge is 0.123 e. The van der Waals surface area contributed by atoms with Gasteiger partial charge in [0.1, 0.15) is 5.82 Å². The summed E-state index contributed by atoms with van der Waals surface area (Å²) in [6.07, 6.45) is 2.22. The molecular formula is C18H31FN2. The third-order valence-electron chi connectivity index (χ3n) is 4.20. The van der Waals surface area contributed by atoms with E-state index in [1.807, 2.05) is 13.0 Å². The minimum atomic E-state index is -0.176. The molecule has 2 N–H and O–H groups in total. The predicted octanol–water partition coefficient (Wildman–Crippen LogP) is 4.28. The molecule has 0 aliphatic rings. The van der Waals surface area contributed by atoms with Gasteiger partial charge in [-0.3, -0.25) is 4.90 Å². The van der Waals surface area contributed by atoms with Crippen LogP contribution >= 0.6 is 0 Å². The van der Waals surface area contributed by atoms with E-state index in [-0.39, 0.29) is 11.9 Å². The number of halogens is 1. The van der Waals surface area contributed by atoms with Gasteiger partial charge in [0.15, 0.2) is 0 Å². The molecule has 1 aromatic rings. The van der Waals surface area contributed by atoms with Gasteiger partial charge in [0.25, 0.3) is 0 Å². The SMILES string of the molecule is CCC(CC)N(CC(C)C)C(CN)c1ccc(F)cc1C. The maximum Gasteiger partial charge on any atom is 0.123 e. The minimum absolute atomic E-state index is 0.165. The highest BCUT2D eigenvalue weighted by Crippen LogP contribution is 2.28. The van der Waals surface area contributed by atoms with Crippen molar-refractivity contribution in [3.63, 3.8) is 0 Å². The normalized spacial score (nSPS) is 13.4. The quantitative estimate of drug-likeness (QED) is 0.775. The van der Waals surface area contributed by atoms with E-state index in [1.54, 1.807) is 12.1 Å². The van der Waals surface area contributed by atoms with Crippen LogP contribution in [0, 0.1) is 18.7 Å². The van der Waals surface area contributed by atoms with Gasteiger partial charge in [-0.1, -0.05) is 33.8 Å². The average Bonchev–Trinajstić information content (AvgIpc) is 2.42. The first-order valence-corrected chi connectivity index (χ1v) is 8.16. The first kappa shape index (κ1) is 18.1. The van der Waals surface area contributed by atoms with Crippen LogP contribution in [0.2, 0.25) is 0 Å². The van der Waals surface area contributed by atoms with Crippen molar-refractivity contribution in [3.05, 3.63) is 35.1 Å². The van der Waals surface area contributed by atoms with Crippen LogP contribution in [0.3, 0.4) is 0 Å². The Balaban J connectivity index is 3.16. The fraction of sp³-hybridized carbons (Fsp3) is 0.667. The van der Waals surface area contributed by atoms with Crippen LogP contribution in [0.1, 0.15) is 57.7 Å². The van der Waals surface area contributed by atoms with Crippen LogP contribution in [0.5, 0.6) is 0 Å². The molecule has 1 aromatic carbocycles. The van der Waals surface area contributed by atoms with E-state index in [4.69, 9.17) is 5.73 Å². The van der Waals surface area contributed by atoms with Crippen molar-refractivity contribution in [2.75, 3.05) is 13.1 Å². The molecule has 0 radical (unpaired) electrons. The Kier molecular flexibility index (Phi) is 7.33. The number of hydrogen-bond donors (Lipinski definition) is 1. The zero-order valence-electron chi connectivity index (χ0n) is 14.2. The van der Waals surface area contributed by atoms with Gasteiger partial charge in [0.2, 0.25) is 0 Å². The predicted molar refractivity (Wildman–Crippen MR) is 88.8 cm³/mol. The van der Waals surface area contributed by atoms with Crippen molar-refractivity contribution in [3.8, 4) is 0 Å². The van der Waals surface area contributed by atoms with Gasteiger partial charge in [-0.25, -0.2) is 4.39 Å². The Morgan fingerprint density at radius 2 is 1.81 bits per heavy atom. The lowest BCUT2D eigenvalue weighted by Crippen LogP contribution is -2.43. The van der Waals surface area contributed by atoms with E-state index in [2.05, 4.69) is 32.6 Å². The summed E-state index contributed by atoms with van der Waals surface area (Å²) < 4.78 is 13.4. The molecule has 21 heavy (non-hydrogen) atoms. The largest absolute Gasteiger partial charge is 0.329 e. The number of nitrogens with zero attached hydrogens (tertiary/aromatic N) is 1. The average molecular weight is 294 g/mol. The van der Waals surface area contributed by atoms with E-state index in [0.29, 0.717) is 18.5 Å². The van der Waals surface area contributed by atoms with Gasteiger partial charge in [-0.15, -0.1) is 0 Å². The van der Waals surface area contributed by atoms with Crippen molar-refractivity contribution in [2.45, 2.75) is 59.5 Å². The molecule has 0 bridgehead atoms. The topological polar surface area (TPSA) is 29.3 Å². The van der Waals surface area contributed by atoms with Gasteiger partial charge in [-0.05, 0) is 48.9 Å². The highest BCUT2D eigenvalue weighted by Gasteiger charge is 2.26.